The molecule has 2 heteroatoms. The van der Waals surface area contributed by atoms with Gasteiger partial charge in [0.25, 0.3) is 0 Å². The molecule has 2 nitrogen and oxygen atoms in total. The molecule has 0 aromatic carbocycles. The van der Waals surface area contributed by atoms with Crippen LogP contribution in [0.4, 0.5) is 0 Å². The van der Waals surface area contributed by atoms with Crippen LogP contribution in [-0.4, -0.2) is 22.9 Å². The summed E-state index contributed by atoms with van der Waals surface area (Å²) in [5.74, 6) is 0.368. The molecule has 68 valence electrons. The lowest BCUT2D eigenvalue weighted by molar-refractivity contribution is -0.137. The molecule has 1 aliphatic carbocycles. The molecular weight excluding hydrogens is 150 g/mol. The number of hydrogen-bond acceptors (Lipinski definition) is 1. The van der Waals surface area contributed by atoms with Gasteiger partial charge in [0.05, 0.1) is 0 Å². The maximum Gasteiger partial charge on any atom is 0.222 e. The van der Waals surface area contributed by atoms with Gasteiger partial charge in [-0.3, -0.25) is 4.79 Å². The normalized spacial score (nSPS) is 25.9. The fraction of sp³-hybridized carbons (Fsp3) is 0.900. The predicted octanol–water partition coefficient (Wildman–Crippen LogP) is 1.94. The van der Waals surface area contributed by atoms with E-state index in [9.17, 15) is 4.79 Å². The van der Waals surface area contributed by atoms with Gasteiger partial charge < -0.3 is 4.90 Å². The number of rotatable bonds is 1. The number of hydrogen-bond donors (Lipinski definition) is 0. The summed E-state index contributed by atoms with van der Waals surface area (Å²) in [5.41, 5.74) is 0.340. The quantitative estimate of drug-likeness (QED) is 0.584. The van der Waals surface area contributed by atoms with Gasteiger partial charge in [-0.15, -0.1) is 0 Å². The molecule has 1 saturated heterocycles. The zero-order valence-electron chi connectivity index (χ0n) is 7.81. The predicted molar refractivity (Wildman–Crippen MR) is 47.8 cm³/mol. The molecule has 0 bridgehead atoms. The molecule has 1 spiro atoms. The standard InChI is InChI=1S/C10H17NO/c1-2-9(12)11-8-4-7-10(11)5-3-6-10/h2-8H2,1H3. The van der Waals surface area contributed by atoms with E-state index in [-0.39, 0.29) is 0 Å². The van der Waals surface area contributed by atoms with E-state index in [1.807, 2.05) is 6.92 Å². The molecule has 0 unspecified atom stereocenters. The highest BCUT2D eigenvalue weighted by Crippen LogP contribution is 2.45. The third kappa shape index (κ3) is 0.970. The van der Waals surface area contributed by atoms with E-state index in [0.29, 0.717) is 17.9 Å². The molecule has 2 fully saturated rings. The van der Waals surface area contributed by atoms with Crippen molar-refractivity contribution in [1.29, 1.82) is 0 Å². The Morgan fingerprint density at radius 1 is 1.33 bits per heavy atom. The molecule has 0 aromatic heterocycles. The Kier molecular flexibility index (Phi) is 1.85. The molecule has 0 atom stereocenters. The van der Waals surface area contributed by atoms with Crippen LogP contribution in [0.2, 0.25) is 0 Å². The largest absolute Gasteiger partial charge is 0.337 e. The van der Waals surface area contributed by atoms with Crippen LogP contribution >= 0.6 is 0 Å². The van der Waals surface area contributed by atoms with E-state index in [1.165, 1.54) is 32.1 Å². The van der Waals surface area contributed by atoms with Crippen LogP contribution in [0.25, 0.3) is 0 Å². The van der Waals surface area contributed by atoms with Gasteiger partial charge in [-0.2, -0.15) is 0 Å². The second kappa shape index (κ2) is 2.75. The third-order valence-electron chi connectivity index (χ3n) is 3.48. The van der Waals surface area contributed by atoms with E-state index in [4.69, 9.17) is 0 Å². The van der Waals surface area contributed by atoms with Crippen LogP contribution in [0, 0.1) is 0 Å². The van der Waals surface area contributed by atoms with E-state index >= 15 is 0 Å². The average Bonchev–Trinajstić information content (AvgIpc) is 2.45. The maximum absolute atomic E-state index is 11.5. The summed E-state index contributed by atoms with van der Waals surface area (Å²) < 4.78 is 0. The summed E-state index contributed by atoms with van der Waals surface area (Å²) in [6.45, 7) is 2.99. The van der Waals surface area contributed by atoms with Crippen molar-refractivity contribution < 1.29 is 4.79 Å². The van der Waals surface area contributed by atoms with Crippen LogP contribution < -0.4 is 0 Å². The smallest absolute Gasteiger partial charge is 0.222 e. The van der Waals surface area contributed by atoms with Crippen LogP contribution in [0.1, 0.15) is 45.4 Å². The van der Waals surface area contributed by atoms with Gasteiger partial charge in [0.2, 0.25) is 5.91 Å². The fourth-order valence-electron chi connectivity index (χ4n) is 2.62. The third-order valence-corrected chi connectivity index (χ3v) is 3.48. The molecule has 12 heavy (non-hydrogen) atoms. The molecule has 0 aromatic rings. The Bertz CT molecular complexity index is 196. The summed E-state index contributed by atoms with van der Waals surface area (Å²) >= 11 is 0. The second-order valence-corrected chi connectivity index (χ2v) is 4.08. The Balaban J connectivity index is 2.09. The topological polar surface area (TPSA) is 20.3 Å². The van der Waals surface area contributed by atoms with Crippen LogP contribution in [-0.2, 0) is 4.79 Å². The van der Waals surface area contributed by atoms with Crippen LogP contribution in [0.5, 0.6) is 0 Å². The van der Waals surface area contributed by atoms with Gasteiger partial charge in [0.15, 0.2) is 0 Å². The van der Waals surface area contributed by atoms with Gasteiger partial charge in [-0.25, -0.2) is 0 Å². The summed E-state index contributed by atoms with van der Waals surface area (Å²) in [7, 11) is 0. The highest BCUT2D eigenvalue weighted by molar-refractivity contribution is 5.77. The van der Waals surface area contributed by atoms with Gasteiger partial charge in [-0.05, 0) is 32.1 Å². The first-order valence-electron chi connectivity index (χ1n) is 5.09. The molecule has 2 rings (SSSR count). The molecule has 0 N–H and O–H groups in total. The van der Waals surface area contributed by atoms with Crippen LogP contribution in [0.15, 0.2) is 0 Å². The molecule has 1 amide bonds. The highest BCUT2D eigenvalue weighted by Gasteiger charge is 2.46. The first kappa shape index (κ1) is 8.09. The lowest BCUT2D eigenvalue weighted by Gasteiger charge is -2.45. The van der Waals surface area contributed by atoms with E-state index in [0.717, 1.165) is 6.54 Å². The lowest BCUT2D eigenvalue weighted by Crippen LogP contribution is -2.51. The fourth-order valence-corrected chi connectivity index (χ4v) is 2.62. The van der Waals surface area contributed by atoms with Gasteiger partial charge in [0.1, 0.15) is 0 Å². The monoisotopic (exact) mass is 167 g/mol. The Morgan fingerprint density at radius 3 is 2.50 bits per heavy atom. The minimum absolute atomic E-state index is 0.340. The maximum atomic E-state index is 11.5. The van der Waals surface area contributed by atoms with Crippen molar-refractivity contribution in [2.45, 2.75) is 51.0 Å². The molecule has 0 radical (unpaired) electrons. The van der Waals surface area contributed by atoms with Crippen molar-refractivity contribution in [3.05, 3.63) is 0 Å². The van der Waals surface area contributed by atoms with Gasteiger partial charge >= 0.3 is 0 Å². The highest BCUT2D eigenvalue weighted by atomic mass is 16.2. The number of nitrogens with zero attached hydrogens (tertiary/aromatic N) is 1. The number of amides is 1. The molecule has 2 aliphatic rings. The first-order chi connectivity index (χ1) is 5.78. The summed E-state index contributed by atoms with van der Waals surface area (Å²) in [6.07, 6.45) is 7.03. The van der Waals surface area contributed by atoms with Gasteiger partial charge in [-0.1, -0.05) is 6.92 Å². The van der Waals surface area contributed by atoms with Crippen molar-refractivity contribution in [3.63, 3.8) is 0 Å². The van der Waals surface area contributed by atoms with Crippen molar-refractivity contribution in [2.24, 2.45) is 0 Å². The van der Waals surface area contributed by atoms with Crippen LogP contribution in [0.3, 0.4) is 0 Å². The van der Waals surface area contributed by atoms with E-state index in [2.05, 4.69) is 4.90 Å². The SMILES string of the molecule is CCC(=O)N1CCCC12CCC2. The van der Waals surface area contributed by atoms with Crippen molar-refractivity contribution in [1.82, 2.24) is 4.90 Å². The number of likely N-dealkylation sites (tertiary alicyclic amines) is 1. The lowest BCUT2D eigenvalue weighted by atomic mass is 9.75. The summed E-state index contributed by atoms with van der Waals surface area (Å²) in [6, 6.07) is 0. The van der Waals surface area contributed by atoms with E-state index < -0.39 is 0 Å². The molecule has 1 aliphatic heterocycles. The Hall–Kier alpha value is -0.530. The zero-order valence-corrected chi connectivity index (χ0v) is 7.81. The average molecular weight is 167 g/mol. The molecule has 1 heterocycles. The van der Waals surface area contributed by atoms with Crippen molar-refractivity contribution in [3.8, 4) is 0 Å². The van der Waals surface area contributed by atoms with E-state index in [1.54, 1.807) is 0 Å². The Morgan fingerprint density at radius 2 is 2.00 bits per heavy atom. The number of carbonyl (C=O) groups is 1. The number of carbonyl (C=O) groups excluding carboxylic acids is 1. The summed E-state index contributed by atoms with van der Waals surface area (Å²) in [4.78, 5) is 13.7. The first-order valence-corrected chi connectivity index (χ1v) is 5.09. The van der Waals surface area contributed by atoms with Crippen molar-refractivity contribution >= 4 is 5.91 Å². The zero-order chi connectivity index (χ0) is 8.60. The van der Waals surface area contributed by atoms with Gasteiger partial charge in [0, 0.05) is 18.5 Å². The van der Waals surface area contributed by atoms with Crippen molar-refractivity contribution in [2.75, 3.05) is 6.54 Å². The minimum atomic E-state index is 0.340. The Labute approximate surface area is 73.9 Å². The summed E-state index contributed by atoms with van der Waals surface area (Å²) in [5, 5.41) is 0. The minimum Gasteiger partial charge on any atom is -0.337 e. The molecular formula is C10H17NO. The molecule has 1 saturated carbocycles. The second-order valence-electron chi connectivity index (χ2n) is 4.08.